The van der Waals surface area contributed by atoms with Gasteiger partial charge in [0.25, 0.3) is 0 Å². The average Bonchev–Trinajstić information content (AvgIpc) is 3.12. The fourth-order valence-electron chi connectivity index (χ4n) is 4.55. The van der Waals surface area contributed by atoms with Gasteiger partial charge in [0.1, 0.15) is 12.2 Å². The molecule has 176 valence electrons. The maximum absolute atomic E-state index is 6.93. The van der Waals surface area contributed by atoms with Crippen molar-refractivity contribution in [3.05, 3.63) is 0 Å². The van der Waals surface area contributed by atoms with Crippen molar-refractivity contribution in [1.82, 2.24) is 4.90 Å². The quantitative estimate of drug-likeness (QED) is 0.519. The van der Waals surface area contributed by atoms with Gasteiger partial charge in [-0.15, -0.1) is 0 Å². The Morgan fingerprint density at radius 1 is 0.900 bits per heavy atom. The fourth-order valence-corrected chi connectivity index (χ4v) is 6.94. The third-order valence-electron chi connectivity index (χ3n) is 8.41. The van der Waals surface area contributed by atoms with Gasteiger partial charge in [-0.2, -0.15) is 0 Å². The highest BCUT2D eigenvalue weighted by atomic mass is 28.4. The molecule has 0 spiro atoms. The summed E-state index contributed by atoms with van der Waals surface area (Å²) in [5, 5.41) is 0.408. The van der Waals surface area contributed by atoms with Crippen LogP contribution in [0.2, 0.25) is 36.3 Å². The lowest BCUT2D eigenvalue weighted by Gasteiger charge is -2.41. The van der Waals surface area contributed by atoms with Crippen molar-refractivity contribution in [2.75, 3.05) is 13.2 Å². The number of hydrogen-bond donors (Lipinski definition) is 0. The zero-order chi connectivity index (χ0) is 22.9. The molecule has 0 aliphatic carbocycles. The SMILES string of the molecule is CC1(C)O[C@@H]2[C@H](O1)[C@@H](CO[Si](C)(C)C(C)(C)C)N1CC[C@H](O[Si](C)(C)C(C)(C)C)[C@H]21. The molecular formula is C23H47NO4Si2. The molecule has 5 atom stereocenters. The van der Waals surface area contributed by atoms with E-state index in [1.807, 2.05) is 13.8 Å². The summed E-state index contributed by atoms with van der Waals surface area (Å²) in [5.41, 5.74) is 0. The summed E-state index contributed by atoms with van der Waals surface area (Å²) in [6.07, 6.45) is 1.40. The minimum Gasteiger partial charge on any atom is -0.415 e. The molecule has 0 unspecified atom stereocenters. The van der Waals surface area contributed by atoms with E-state index < -0.39 is 22.4 Å². The van der Waals surface area contributed by atoms with Crippen LogP contribution < -0.4 is 0 Å². The van der Waals surface area contributed by atoms with E-state index in [9.17, 15) is 0 Å². The van der Waals surface area contributed by atoms with Crippen LogP contribution in [0.4, 0.5) is 0 Å². The van der Waals surface area contributed by atoms with Gasteiger partial charge in [0.2, 0.25) is 0 Å². The molecule has 0 aromatic rings. The zero-order valence-electron chi connectivity index (χ0n) is 21.6. The minimum atomic E-state index is -1.85. The number of fused-ring (bicyclic) bond motifs is 3. The van der Waals surface area contributed by atoms with Crippen molar-refractivity contribution in [2.24, 2.45) is 0 Å². The minimum absolute atomic E-state index is 0.0561. The standard InChI is InChI=1S/C23H47NO4Si2/c1-21(2,3)29(9,10)25-15-16-19-20(27-23(7,8)26-19)18-17(13-14-24(16)18)28-30(11,12)22(4,5)6/h16-20H,13-15H2,1-12H3/t16-,17+,18-,19-,20+/m1/s1. The Kier molecular flexibility index (Phi) is 6.33. The van der Waals surface area contributed by atoms with E-state index in [4.69, 9.17) is 18.3 Å². The first-order valence-electron chi connectivity index (χ1n) is 11.8. The van der Waals surface area contributed by atoms with Crippen LogP contribution in [-0.4, -0.2) is 70.9 Å². The molecule has 30 heavy (non-hydrogen) atoms. The van der Waals surface area contributed by atoms with Crippen LogP contribution >= 0.6 is 0 Å². The van der Waals surface area contributed by atoms with E-state index in [-0.39, 0.29) is 40.5 Å². The number of rotatable bonds is 5. The topological polar surface area (TPSA) is 40.2 Å². The fraction of sp³-hybridized carbons (Fsp3) is 1.00. The van der Waals surface area contributed by atoms with Gasteiger partial charge >= 0.3 is 0 Å². The van der Waals surface area contributed by atoms with Gasteiger partial charge in [0, 0.05) is 6.54 Å². The lowest BCUT2D eigenvalue weighted by Crippen LogP contribution is -2.50. The Balaban J connectivity index is 1.81. The van der Waals surface area contributed by atoms with Crippen molar-refractivity contribution in [2.45, 2.75) is 134 Å². The molecule has 3 fully saturated rings. The zero-order valence-corrected chi connectivity index (χ0v) is 23.6. The van der Waals surface area contributed by atoms with Crippen LogP contribution in [0.15, 0.2) is 0 Å². The molecule has 3 rings (SSSR count). The molecule has 5 nitrogen and oxygen atoms in total. The van der Waals surface area contributed by atoms with Gasteiger partial charge in [-0.3, -0.25) is 4.90 Å². The van der Waals surface area contributed by atoms with Gasteiger partial charge in [-0.05, 0) is 56.5 Å². The lowest BCUT2D eigenvalue weighted by molar-refractivity contribution is -0.169. The molecule has 7 heteroatoms. The van der Waals surface area contributed by atoms with Crippen molar-refractivity contribution in [3.63, 3.8) is 0 Å². The second-order valence-electron chi connectivity index (χ2n) is 13.1. The van der Waals surface area contributed by atoms with Crippen molar-refractivity contribution >= 4 is 16.6 Å². The Morgan fingerprint density at radius 2 is 1.43 bits per heavy atom. The molecule has 3 aliphatic rings. The molecule has 0 amide bonds. The van der Waals surface area contributed by atoms with E-state index in [1.165, 1.54) is 0 Å². The predicted octanol–water partition coefficient (Wildman–Crippen LogP) is 5.38. The summed E-state index contributed by atoms with van der Waals surface area (Å²) in [7, 11) is -3.68. The third kappa shape index (κ3) is 4.50. The van der Waals surface area contributed by atoms with Gasteiger partial charge in [0.15, 0.2) is 22.4 Å². The maximum Gasteiger partial charge on any atom is 0.192 e. The second kappa shape index (κ2) is 7.64. The van der Waals surface area contributed by atoms with Crippen molar-refractivity contribution in [3.8, 4) is 0 Å². The van der Waals surface area contributed by atoms with Gasteiger partial charge in [-0.1, -0.05) is 41.5 Å². The summed E-state index contributed by atoms with van der Waals surface area (Å²) in [5.74, 6) is -0.541. The van der Waals surface area contributed by atoms with Gasteiger partial charge < -0.3 is 18.3 Å². The highest BCUT2D eigenvalue weighted by molar-refractivity contribution is 6.74. The molecule has 0 aromatic heterocycles. The largest absolute Gasteiger partial charge is 0.415 e. The molecule has 0 aromatic carbocycles. The van der Waals surface area contributed by atoms with Crippen molar-refractivity contribution < 1.29 is 18.3 Å². The van der Waals surface area contributed by atoms with Crippen molar-refractivity contribution in [1.29, 1.82) is 0 Å². The summed E-state index contributed by atoms with van der Waals surface area (Å²) >= 11 is 0. The molecule has 3 aliphatic heterocycles. The molecule has 0 radical (unpaired) electrons. The Hall–Kier alpha value is 0.234. The first-order valence-corrected chi connectivity index (χ1v) is 17.6. The van der Waals surface area contributed by atoms with E-state index in [0.717, 1.165) is 19.6 Å². The average molecular weight is 458 g/mol. The van der Waals surface area contributed by atoms with Gasteiger partial charge in [-0.25, -0.2) is 0 Å². The maximum atomic E-state index is 6.93. The summed E-state index contributed by atoms with van der Waals surface area (Å²) in [6.45, 7) is 29.1. The summed E-state index contributed by atoms with van der Waals surface area (Å²) in [4.78, 5) is 2.59. The molecule has 3 saturated heterocycles. The van der Waals surface area contributed by atoms with Crippen LogP contribution in [0.5, 0.6) is 0 Å². The Bertz CT molecular complexity index is 638. The first kappa shape index (κ1) is 24.9. The van der Waals surface area contributed by atoms with E-state index in [2.05, 4.69) is 72.6 Å². The van der Waals surface area contributed by atoms with Gasteiger partial charge in [0.05, 0.1) is 24.8 Å². The predicted molar refractivity (Wildman–Crippen MR) is 128 cm³/mol. The lowest BCUT2D eigenvalue weighted by atomic mass is 10.0. The van der Waals surface area contributed by atoms with E-state index >= 15 is 0 Å². The first-order chi connectivity index (χ1) is 13.4. The van der Waals surface area contributed by atoms with Crippen LogP contribution in [0.1, 0.15) is 61.8 Å². The summed E-state index contributed by atoms with van der Waals surface area (Å²) < 4.78 is 26.5. The summed E-state index contributed by atoms with van der Waals surface area (Å²) in [6, 6.07) is 0.503. The van der Waals surface area contributed by atoms with Crippen LogP contribution in [0, 0.1) is 0 Å². The number of hydrogen-bond acceptors (Lipinski definition) is 5. The number of nitrogens with zero attached hydrogens (tertiary/aromatic N) is 1. The monoisotopic (exact) mass is 457 g/mol. The normalized spacial score (nSPS) is 35.0. The molecule has 3 heterocycles. The van der Waals surface area contributed by atoms with Crippen LogP contribution in [0.3, 0.4) is 0 Å². The molecule has 0 bridgehead atoms. The smallest absolute Gasteiger partial charge is 0.192 e. The highest BCUT2D eigenvalue weighted by Gasteiger charge is 2.62. The highest BCUT2D eigenvalue weighted by Crippen LogP contribution is 2.48. The third-order valence-corrected chi connectivity index (χ3v) is 17.4. The second-order valence-corrected chi connectivity index (χ2v) is 22.7. The Morgan fingerprint density at radius 3 is 1.97 bits per heavy atom. The van der Waals surface area contributed by atoms with Crippen LogP contribution in [-0.2, 0) is 18.3 Å². The molecule has 0 saturated carbocycles. The van der Waals surface area contributed by atoms with E-state index in [1.54, 1.807) is 0 Å². The van der Waals surface area contributed by atoms with E-state index in [0.29, 0.717) is 0 Å². The Labute approximate surface area is 187 Å². The van der Waals surface area contributed by atoms with Crippen LogP contribution in [0.25, 0.3) is 0 Å². The molecular weight excluding hydrogens is 410 g/mol. The number of ether oxygens (including phenoxy) is 2. The molecule has 0 N–H and O–H groups in total.